The molecule has 2 aliphatic rings. The van der Waals surface area contributed by atoms with Crippen molar-refractivity contribution in [2.75, 3.05) is 6.61 Å². The summed E-state index contributed by atoms with van der Waals surface area (Å²) in [5.41, 5.74) is 9.32. The van der Waals surface area contributed by atoms with Gasteiger partial charge in [-0.25, -0.2) is 0 Å². The van der Waals surface area contributed by atoms with Crippen molar-refractivity contribution in [3.05, 3.63) is 35.4 Å². The summed E-state index contributed by atoms with van der Waals surface area (Å²) in [5, 5.41) is 0. The van der Waals surface area contributed by atoms with Gasteiger partial charge in [0.05, 0.1) is 6.10 Å². The third kappa shape index (κ3) is 3.01. The summed E-state index contributed by atoms with van der Waals surface area (Å²) < 4.78 is 5.83. The van der Waals surface area contributed by atoms with E-state index in [2.05, 4.69) is 24.3 Å². The summed E-state index contributed by atoms with van der Waals surface area (Å²) in [4.78, 5) is 0. The van der Waals surface area contributed by atoms with Crippen LogP contribution < -0.4 is 5.73 Å². The van der Waals surface area contributed by atoms with E-state index in [1.807, 2.05) is 0 Å². The molecule has 104 valence electrons. The summed E-state index contributed by atoms with van der Waals surface area (Å²) >= 11 is 0. The number of nitrogens with two attached hydrogens (primary N) is 1. The van der Waals surface area contributed by atoms with E-state index in [1.54, 1.807) is 0 Å². The van der Waals surface area contributed by atoms with Crippen molar-refractivity contribution in [1.82, 2.24) is 0 Å². The predicted molar refractivity (Wildman–Crippen MR) is 78.2 cm³/mol. The van der Waals surface area contributed by atoms with Crippen molar-refractivity contribution < 1.29 is 4.74 Å². The van der Waals surface area contributed by atoms with Crippen LogP contribution in [-0.4, -0.2) is 12.7 Å². The van der Waals surface area contributed by atoms with Crippen LogP contribution in [0.4, 0.5) is 0 Å². The first kappa shape index (κ1) is 13.1. The number of hydrogen-bond donors (Lipinski definition) is 1. The number of ether oxygens (including phenoxy) is 1. The van der Waals surface area contributed by atoms with E-state index in [1.165, 1.54) is 49.7 Å². The van der Waals surface area contributed by atoms with E-state index in [4.69, 9.17) is 10.5 Å². The third-order valence-corrected chi connectivity index (χ3v) is 4.73. The highest BCUT2D eigenvalue weighted by molar-refractivity contribution is 5.34. The molecule has 2 fully saturated rings. The highest BCUT2D eigenvalue weighted by atomic mass is 16.5. The maximum Gasteiger partial charge on any atom is 0.0593 e. The molecule has 1 aliphatic carbocycles. The van der Waals surface area contributed by atoms with Gasteiger partial charge in [0.2, 0.25) is 0 Å². The molecule has 1 saturated carbocycles. The first-order valence-electron chi connectivity index (χ1n) is 7.80. The van der Waals surface area contributed by atoms with Gasteiger partial charge in [-0.1, -0.05) is 30.7 Å². The fraction of sp³-hybridized carbons (Fsp3) is 0.647. The molecule has 1 heterocycles. The molecule has 2 N–H and O–H groups in total. The molecule has 0 radical (unpaired) electrons. The zero-order valence-corrected chi connectivity index (χ0v) is 11.7. The van der Waals surface area contributed by atoms with E-state index < -0.39 is 0 Å². The molecule has 1 aliphatic heterocycles. The van der Waals surface area contributed by atoms with Gasteiger partial charge in [0.25, 0.3) is 0 Å². The Labute approximate surface area is 116 Å². The lowest BCUT2D eigenvalue weighted by atomic mass is 9.76. The van der Waals surface area contributed by atoms with Gasteiger partial charge in [0, 0.05) is 12.6 Å². The van der Waals surface area contributed by atoms with Crippen LogP contribution in [0.5, 0.6) is 0 Å². The van der Waals surface area contributed by atoms with Gasteiger partial charge in [-0.15, -0.1) is 0 Å². The van der Waals surface area contributed by atoms with Crippen LogP contribution in [0.15, 0.2) is 24.3 Å². The normalized spacial score (nSPS) is 25.8. The van der Waals surface area contributed by atoms with Gasteiger partial charge >= 0.3 is 0 Å². The molecule has 1 saturated heterocycles. The number of rotatable bonds is 4. The minimum absolute atomic E-state index is 0.139. The number of benzene rings is 1. The molecule has 0 amide bonds. The van der Waals surface area contributed by atoms with Crippen LogP contribution in [0.1, 0.15) is 68.0 Å². The SMILES string of the molecule is NC(CC1CCCCO1)c1ccccc1C1CCC1. The van der Waals surface area contributed by atoms with Gasteiger partial charge < -0.3 is 10.5 Å². The summed E-state index contributed by atoms with van der Waals surface area (Å²) in [6.45, 7) is 0.918. The van der Waals surface area contributed by atoms with Crippen LogP contribution >= 0.6 is 0 Å². The zero-order valence-electron chi connectivity index (χ0n) is 11.7. The molecule has 0 bridgehead atoms. The summed E-state index contributed by atoms with van der Waals surface area (Å²) in [7, 11) is 0. The van der Waals surface area contributed by atoms with Crippen LogP contribution in [0, 0.1) is 0 Å². The Morgan fingerprint density at radius 3 is 2.63 bits per heavy atom. The Kier molecular flexibility index (Phi) is 4.19. The second-order valence-corrected chi connectivity index (χ2v) is 6.09. The van der Waals surface area contributed by atoms with Crippen LogP contribution in [-0.2, 0) is 4.74 Å². The minimum atomic E-state index is 0.139. The lowest BCUT2D eigenvalue weighted by molar-refractivity contribution is 0.00722. The van der Waals surface area contributed by atoms with Crippen molar-refractivity contribution in [2.24, 2.45) is 5.73 Å². The second-order valence-electron chi connectivity index (χ2n) is 6.09. The molecule has 2 unspecified atom stereocenters. The molecule has 3 rings (SSSR count). The fourth-order valence-corrected chi connectivity index (χ4v) is 3.34. The highest BCUT2D eigenvalue weighted by Crippen LogP contribution is 2.40. The summed E-state index contributed by atoms with van der Waals surface area (Å²) in [5.74, 6) is 0.759. The first-order valence-corrected chi connectivity index (χ1v) is 7.80. The first-order chi connectivity index (χ1) is 9.34. The lowest BCUT2D eigenvalue weighted by Crippen LogP contribution is -2.26. The molecule has 0 spiro atoms. The quantitative estimate of drug-likeness (QED) is 0.889. The molecule has 19 heavy (non-hydrogen) atoms. The van der Waals surface area contributed by atoms with Gasteiger partial charge in [0.1, 0.15) is 0 Å². The van der Waals surface area contributed by atoms with Crippen molar-refractivity contribution in [3.8, 4) is 0 Å². The van der Waals surface area contributed by atoms with Crippen molar-refractivity contribution in [1.29, 1.82) is 0 Å². The van der Waals surface area contributed by atoms with E-state index >= 15 is 0 Å². The van der Waals surface area contributed by atoms with Gasteiger partial charge in [-0.2, -0.15) is 0 Å². The Bertz CT molecular complexity index is 407. The highest BCUT2D eigenvalue weighted by Gasteiger charge is 2.25. The van der Waals surface area contributed by atoms with E-state index in [0.29, 0.717) is 6.10 Å². The van der Waals surface area contributed by atoms with Crippen molar-refractivity contribution in [2.45, 2.75) is 63.0 Å². The van der Waals surface area contributed by atoms with Crippen LogP contribution in [0.3, 0.4) is 0 Å². The lowest BCUT2D eigenvalue weighted by Gasteiger charge is -2.31. The van der Waals surface area contributed by atoms with Crippen LogP contribution in [0.2, 0.25) is 0 Å². The van der Waals surface area contributed by atoms with Gasteiger partial charge in [-0.05, 0) is 55.6 Å². The maximum absolute atomic E-state index is 6.46. The molecule has 2 heteroatoms. The Morgan fingerprint density at radius 2 is 1.95 bits per heavy atom. The predicted octanol–water partition coefficient (Wildman–Crippen LogP) is 3.91. The largest absolute Gasteiger partial charge is 0.378 e. The van der Waals surface area contributed by atoms with E-state index in [9.17, 15) is 0 Å². The zero-order chi connectivity index (χ0) is 13.1. The third-order valence-electron chi connectivity index (χ3n) is 4.73. The van der Waals surface area contributed by atoms with Crippen molar-refractivity contribution >= 4 is 0 Å². The topological polar surface area (TPSA) is 35.2 Å². The maximum atomic E-state index is 6.46. The molecule has 0 aromatic heterocycles. The molecule has 2 atom stereocenters. The Morgan fingerprint density at radius 1 is 1.11 bits per heavy atom. The standard InChI is InChI=1S/C17H25NO/c18-17(12-14-8-3-4-11-19-14)16-10-2-1-9-15(16)13-6-5-7-13/h1-2,9-10,13-14,17H,3-8,11-12,18H2. The molecular weight excluding hydrogens is 234 g/mol. The second kappa shape index (κ2) is 6.06. The smallest absolute Gasteiger partial charge is 0.0593 e. The van der Waals surface area contributed by atoms with E-state index in [0.717, 1.165) is 18.9 Å². The van der Waals surface area contributed by atoms with Crippen LogP contribution in [0.25, 0.3) is 0 Å². The fourth-order valence-electron chi connectivity index (χ4n) is 3.34. The Hall–Kier alpha value is -0.860. The molecule has 1 aromatic carbocycles. The molecule has 2 nitrogen and oxygen atoms in total. The van der Waals surface area contributed by atoms with E-state index in [-0.39, 0.29) is 6.04 Å². The van der Waals surface area contributed by atoms with Gasteiger partial charge in [-0.3, -0.25) is 0 Å². The minimum Gasteiger partial charge on any atom is -0.378 e. The summed E-state index contributed by atoms with van der Waals surface area (Å²) in [6, 6.07) is 8.92. The van der Waals surface area contributed by atoms with Gasteiger partial charge in [0.15, 0.2) is 0 Å². The average molecular weight is 259 g/mol. The molecular formula is C17H25NO. The Balaban J connectivity index is 1.69. The summed E-state index contributed by atoms with van der Waals surface area (Å²) in [6.07, 6.45) is 9.08. The number of hydrogen-bond acceptors (Lipinski definition) is 2. The average Bonchev–Trinajstić information content (AvgIpc) is 2.38. The monoisotopic (exact) mass is 259 g/mol. The van der Waals surface area contributed by atoms with Crippen molar-refractivity contribution in [3.63, 3.8) is 0 Å². The molecule has 1 aromatic rings.